The van der Waals surface area contributed by atoms with Crippen molar-refractivity contribution in [2.45, 2.75) is 52.1 Å². The molecule has 0 spiro atoms. The van der Waals surface area contributed by atoms with Crippen LogP contribution in [-0.2, 0) is 4.74 Å². The molecule has 0 unspecified atom stereocenters. The van der Waals surface area contributed by atoms with Crippen molar-refractivity contribution in [1.29, 1.82) is 0 Å². The third kappa shape index (κ3) is 3.69. The Kier molecular flexibility index (Phi) is 5.46. The summed E-state index contributed by atoms with van der Waals surface area (Å²) in [5.74, 6) is 0. The van der Waals surface area contributed by atoms with E-state index in [1.165, 1.54) is 51.7 Å². The smallest absolute Gasteiger partial charge is 0.0599 e. The SMILES string of the molecule is CCC1(CC)CN(CCCOC2CCNCC2)C1. The number of rotatable bonds is 7. The largest absolute Gasteiger partial charge is 0.378 e. The first-order valence-electron chi connectivity index (χ1n) is 7.83. The van der Waals surface area contributed by atoms with Crippen LogP contribution in [0.4, 0.5) is 0 Å². The maximum atomic E-state index is 5.94. The third-order valence-corrected chi connectivity index (χ3v) is 4.88. The standard InChI is InChI=1S/C15H30N2O/c1-3-15(4-2)12-17(13-15)10-5-11-18-14-6-8-16-9-7-14/h14,16H,3-13H2,1-2H3. The zero-order valence-corrected chi connectivity index (χ0v) is 12.2. The molecule has 0 radical (unpaired) electrons. The van der Waals surface area contributed by atoms with Gasteiger partial charge in [0.05, 0.1) is 6.10 Å². The van der Waals surface area contributed by atoms with Crippen LogP contribution >= 0.6 is 0 Å². The van der Waals surface area contributed by atoms with Gasteiger partial charge in [-0.3, -0.25) is 0 Å². The summed E-state index contributed by atoms with van der Waals surface area (Å²) >= 11 is 0. The van der Waals surface area contributed by atoms with E-state index in [4.69, 9.17) is 4.74 Å². The van der Waals surface area contributed by atoms with Gasteiger partial charge in [0.2, 0.25) is 0 Å². The molecule has 2 aliphatic rings. The van der Waals surface area contributed by atoms with E-state index in [0.29, 0.717) is 11.5 Å². The van der Waals surface area contributed by atoms with E-state index in [-0.39, 0.29) is 0 Å². The first-order valence-corrected chi connectivity index (χ1v) is 7.83. The normalized spacial score (nSPS) is 25.0. The van der Waals surface area contributed by atoms with Gasteiger partial charge in [-0.1, -0.05) is 13.8 Å². The monoisotopic (exact) mass is 254 g/mol. The Labute approximate surface area is 112 Å². The molecule has 2 heterocycles. The van der Waals surface area contributed by atoms with Crippen molar-refractivity contribution in [2.24, 2.45) is 5.41 Å². The first kappa shape index (κ1) is 14.3. The van der Waals surface area contributed by atoms with Gasteiger partial charge in [-0.25, -0.2) is 0 Å². The van der Waals surface area contributed by atoms with Crippen LogP contribution in [0.25, 0.3) is 0 Å². The second kappa shape index (κ2) is 6.88. The highest BCUT2D eigenvalue weighted by molar-refractivity contribution is 4.92. The van der Waals surface area contributed by atoms with Gasteiger partial charge in [0.15, 0.2) is 0 Å². The van der Waals surface area contributed by atoms with E-state index in [2.05, 4.69) is 24.1 Å². The number of piperidine rings is 1. The zero-order chi connectivity index (χ0) is 12.8. The Balaban J connectivity index is 1.49. The molecule has 1 N–H and O–H groups in total. The van der Waals surface area contributed by atoms with E-state index in [0.717, 1.165) is 19.7 Å². The fraction of sp³-hybridized carbons (Fsp3) is 1.00. The molecule has 0 aromatic carbocycles. The highest BCUT2D eigenvalue weighted by Gasteiger charge is 2.38. The van der Waals surface area contributed by atoms with Crippen molar-refractivity contribution in [2.75, 3.05) is 39.3 Å². The fourth-order valence-electron chi connectivity index (χ4n) is 3.26. The van der Waals surface area contributed by atoms with Crippen LogP contribution in [0.2, 0.25) is 0 Å². The number of ether oxygens (including phenoxy) is 1. The van der Waals surface area contributed by atoms with Crippen LogP contribution in [0, 0.1) is 5.41 Å². The molecule has 3 heteroatoms. The molecule has 0 atom stereocenters. The van der Waals surface area contributed by atoms with Gasteiger partial charge in [0.1, 0.15) is 0 Å². The summed E-state index contributed by atoms with van der Waals surface area (Å²) < 4.78 is 5.94. The highest BCUT2D eigenvalue weighted by atomic mass is 16.5. The Bertz CT molecular complexity index is 227. The van der Waals surface area contributed by atoms with Crippen LogP contribution in [0.1, 0.15) is 46.0 Å². The number of likely N-dealkylation sites (tertiary alicyclic amines) is 1. The molecular weight excluding hydrogens is 224 g/mol. The Morgan fingerprint density at radius 3 is 2.44 bits per heavy atom. The predicted molar refractivity (Wildman–Crippen MR) is 75.9 cm³/mol. The maximum Gasteiger partial charge on any atom is 0.0599 e. The van der Waals surface area contributed by atoms with Crippen molar-refractivity contribution < 1.29 is 4.74 Å². The van der Waals surface area contributed by atoms with Crippen LogP contribution in [0.15, 0.2) is 0 Å². The molecule has 0 aliphatic carbocycles. The summed E-state index contributed by atoms with van der Waals surface area (Å²) in [6.45, 7) is 11.7. The van der Waals surface area contributed by atoms with Crippen LogP contribution in [0.5, 0.6) is 0 Å². The Morgan fingerprint density at radius 2 is 1.83 bits per heavy atom. The average Bonchev–Trinajstić information content (AvgIpc) is 2.38. The van der Waals surface area contributed by atoms with E-state index < -0.39 is 0 Å². The third-order valence-electron chi connectivity index (χ3n) is 4.88. The molecule has 0 aromatic heterocycles. The molecule has 0 bridgehead atoms. The molecular formula is C15H30N2O. The zero-order valence-electron chi connectivity index (χ0n) is 12.2. The Morgan fingerprint density at radius 1 is 1.17 bits per heavy atom. The van der Waals surface area contributed by atoms with Crippen LogP contribution in [-0.4, -0.2) is 50.3 Å². The van der Waals surface area contributed by atoms with Crippen molar-refractivity contribution >= 4 is 0 Å². The van der Waals surface area contributed by atoms with Gasteiger partial charge in [-0.05, 0) is 50.6 Å². The van der Waals surface area contributed by atoms with Crippen molar-refractivity contribution in [3.63, 3.8) is 0 Å². The average molecular weight is 254 g/mol. The summed E-state index contributed by atoms with van der Waals surface area (Å²) in [4.78, 5) is 2.60. The van der Waals surface area contributed by atoms with Gasteiger partial charge in [0.25, 0.3) is 0 Å². The fourth-order valence-corrected chi connectivity index (χ4v) is 3.26. The maximum absolute atomic E-state index is 5.94. The van der Waals surface area contributed by atoms with Crippen molar-refractivity contribution in [3.05, 3.63) is 0 Å². The minimum absolute atomic E-state index is 0.521. The number of nitrogens with one attached hydrogen (secondary N) is 1. The molecule has 2 rings (SSSR count). The van der Waals surface area contributed by atoms with Gasteiger partial charge < -0.3 is 15.0 Å². The van der Waals surface area contributed by atoms with Gasteiger partial charge >= 0.3 is 0 Å². The predicted octanol–water partition coefficient (Wildman–Crippen LogP) is 2.27. The Hall–Kier alpha value is -0.120. The molecule has 18 heavy (non-hydrogen) atoms. The first-order chi connectivity index (χ1) is 8.78. The lowest BCUT2D eigenvalue weighted by Crippen LogP contribution is -2.55. The summed E-state index contributed by atoms with van der Waals surface area (Å²) in [5.41, 5.74) is 0.649. The van der Waals surface area contributed by atoms with E-state index in [1.807, 2.05) is 0 Å². The topological polar surface area (TPSA) is 24.5 Å². The van der Waals surface area contributed by atoms with Crippen LogP contribution < -0.4 is 5.32 Å². The summed E-state index contributed by atoms with van der Waals surface area (Å²) in [7, 11) is 0. The van der Waals surface area contributed by atoms with Crippen molar-refractivity contribution in [1.82, 2.24) is 10.2 Å². The number of hydrogen-bond acceptors (Lipinski definition) is 3. The second-order valence-electron chi connectivity index (χ2n) is 6.09. The molecule has 0 aromatic rings. The molecule has 2 fully saturated rings. The summed E-state index contributed by atoms with van der Waals surface area (Å²) in [5, 5.41) is 3.38. The molecule has 2 saturated heterocycles. The van der Waals surface area contributed by atoms with Gasteiger partial charge in [0, 0.05) is 26.2 Å². The van der Waals surface area contributed by atoms with Gasteiger partial charge in [-0.2, -0.15) is 0 Å². The lowest BCUT2D eigenvalue weighted by atomic mass is 9.75. The number of hydrogen-bond donors (Lipinski definition) is 1. The van der Waals surface area contributed by atoms with E-state index >= 15 is 0 Å². The van der Waals surface area contributed by atoms with E-state index in [1.54, 1.807) is 0 Å². The molecule has 0 saturated carbocycles. The summed E-state index contributed by atoms with van der Waals surface area (Å²) in [6.07, 6.45) is 6.79. The van der Waals surface area contributed by atoms with Crippen molar-refractivity contribution in [3.8, 4) is 0 Å². The lowest BCUT2D eigenvalue weighted by Gasteiger charge is -2.50. The second-order valence-corrected chi connectivity index (χ2v) is 6.09. The molecule has 2 aliphatic heterocycles. The minimum Gasteiger partial charge on any atom is -0.378 e. The molecule has 0 amide bonds. The number of nitrogens with zero attached hydrogens (tertiary/aromatic N) is 1. The minimum atomic E-state index is 0.521. The van der Waals surface area contributed by atoms with Gasteiger partial charge in [-0.15, -0.1) is 0 Å². The molecule has 3 nitrogen and oxygen atoms in total. The van der Waals surface area contributed by atoms with E-state index in [9.17, 15) is 0 Å². The quantitative estimate of drug-likeness (QED) is 0.705. The lowest BCUT2D eigenvalue weighted by molar-refractivity contribution is -0.0199. The molecule has 106 valence electrons. The van der Waals surface area contributed by atoms with Crippen LogP contribution in [0.3, 0.4) is 0 Å². The summed E-state index contributed by atoms with van der Waals surface area (Å²) in [6, 6.07) is 0. The highest BCUT2D eigenvalue weighted by Crippen LogP contribution is 2.36.